The molecule has 1 unspecified atom stereocenters. The van der Waals surface area contributed by atoms with Crippen LogP contribution in [0.2, 0.25) is 0 Å². The molecule has 0 aliphatic carbocycles. The van der Waals surface area contributed by atoms with Gasteiger partial charge in [-0.15, -0.1) is 10.2 Å². The number of likely N-dealkylation sites (tertiary alicyclic amines) is 1. The molecule has 1 atom stereocenters. The predicted octanol–water partition coefficient (Wildman–Crippen LogP) is 1.26. The first-order valence-electron chi connectivity index (χ1n) is 8.67. The van der Waals surface area contributed by atoms with E-state index in [9.17, 15) is 9.59 Å². The van der Waals surface area contributed by atoms with Gasteiger partial charge < -0.3 is 15.0 Å². The lowest BCUT2D eigenvalue weighted by Gasteiger charge is -2.31. The molecule has 1 aliphatic rings. The Morgan fingerprint density at radius 3 is 3.08 bits per heavy atom. The van der Waals surface area contributed by atoms with Crippen molar-refractivity contribution in [1.82, 2.24) is 24.8 Å². The van der Waals surface area contributed by atoms with Crippen LogP contribution in [0.5, 0.6) is 0 Å². The molecule has 0 bridgehead atoms. The van der Waals surface area contributed by atoms with Gasteiger partial charge in [-0.3, -0.25) is 9.20 Å². The molecule has 8 nitrogen and oxygen atoms in total. The summed E-state index contributed by atoms with van der Waals surface area (Å²) in [5.74, 6) is 0.601. The summed E-state index contributed by atoms with van der Waals surface area (Å²) < 4.78 is 6.93. The Kier molecular flexibility index (Phi) is 5.47. The van der Waals surface area contributed by atoms with E-state index in [0.29, 0.717) is 32.7 Å². The van der Waals surface area contributed by atoms with Crippen molar-refractivity contribution >= 4 is 17.6 Å². The van der Waals surface area contributed by atoms with Crippen LogP contribution in [-0.2, 0) is 16.0 Å². The van der Waals surface area contributed by atoms with Crippen LogP contribution in [0.25, 0.3) is 5.65 Å². The molecule has 2 aromatic heterocycles. The van der Waals surface area contributed by atoms with Gasteiger partial charge >= 0.3 is 6.09 Å². The van der Waals surface area contributed by atoms with Gasteiger partial charge in [0.2, 0.25) is 5.91 Å². The van der Waals surface area contributed by atoms with Gasteiger partial charge in [0.1, 0.15) is 5.82 Å². The number of carbonyl (C=O) groups is 2. The van der Waals surface area contributed by atoms with Crippen molar-refractivity contribution in [2.75, 3.05) is 26.2 Å². The molecule has 0 spiro atoms. The van der Waals surface area contributed by atoms with Gasteiger partial charge in [-0.25, -0.2) is 4.79 Å². The Morgan fingerprint density at radius 1 is 1.36 bits per heavy atom. The summed E-state index contributed by atoms with van der Waals surface area (Å²) in [5.41, 5.74) is 0.793. The van der Waals surface area contributed by atoms with Crippen LogP contribution in [-0.4, -0.2) is 57.7 Å². The molecule has 1 fully saturated rings. The number of hydrogen-bond acceptors (Lipinski definition) is 5. The number of piperidine rings is 1. The highest BCUT2D eigenvalue weighted by Crippen LogP contribution is 2.17. The lowest BCUT2D eigenvalue weighted by Crippen LogP contribution is -2.46. The molecule has 25 heavy (non-hydrogen) atoms. The molecule has 1 saturated heterocycles. The summed E-state index contributed by atoms with van der Waals surface area (Å²) in [6, 6.07) is 5.72. The zero-order chi connectivity index (χ0) is 17.6. The summed E-state index contributed by atoms with van der Waals surface area (Å²) >= 11 is 0. The van der Waals surface area contributed by atoms with Crippen LogP contribution in [0.4, 0.5) is 4.79 Å². The molecule has 0 saturated carbocycles. The number of ether oxygens (including phenoxy) is 1. The molecular formula is C17H23N5O3. The number of aromatic nitrogens is 3. The number of rotatable bonds is 5. The molecule has 1 N–H and O–H groups in total. The predicted molar refractivity (Wildman–Crippen MR) is 91.0 cm³/mol. The molecule has 0 aromatic carbocycles. The molecule has 134 valence electrons. The minimum atomic E-state index is -0.338. The van der Waals surface area contributed by atoms with E-state index in [4.69, 9.17) is 4.74 Å². The second kappa shape index (κ2) is 7.96. The lowest BCUT2D eigenvalue weighted by molar-refractivity contribution is -0.126. The molecule has 2 amide bonds. The number of hydrogen-bond donors (Lipinski definition) is 1. The second-order valence-electron chi connectivity index (χ2n) is 6.07. The van der Waals surface area contributed by atoms with Crippen LogP contribution >= 0.6 is 0 Å². The van der Waals surface area contributed by atoms with E-state index in [2.05, 4.69) is 15.5 Å². The van der Waals surface area contributed by atoms with Gasteiger partial charge in [0.05, 0.1) is 12.5 Å². The Labute approximate surface area is 146 Å². The van der Waals surface area contributed by atoms with Crippen LogP contribution in [0, 0.1) is 5.92 Å². The number of amides is 2. The number of nitrogens with one attached hydrogen (secondary N) is 1. The fourth-order valence-corrected chi connectivity index (χ4v) is 3.07. The van der Waals surface area contributed by atoms with Crippen LogP contribution in [0.3, 0.4) is 0 Å². The van der Waals surface area contributed by atoms with Gasteiger partial charge in [-0.2, -0.15) is 0 Å². The van der Waals surface area contributed by atoms with Crippen molar-refractivity contribution in [3.05, 3.63) is 30.2 Å². The second-order valence-corrected chi connectivity index (χ2v) is 6.07. The van der Waals surface area contributed by atoms with E-state index < -0.39 is 0 Å². The van der Waals surface area contributed by atoms with Crippen molar-refractivity contribution in [2.45, 2.75) is 26.2 Å². The zero-order valence-corrected chi connectivity index (χ0v) is 14.4. The minimum absolute atomic E-state index is 0.0252. The Balaban J connectivity index is 1.49. The average molecular weight is 345 g/mol. The fourth-order valence-electron chi connectivity index (χ4n) is 3.07. The first-order valence-corrected chi connectivity index (χ1v) is 8.67. The lowest BCUT2D eigenvalue weighted by atomic mass is 9.97. The van der Waals surface area contributed by atoms with Crippen molar-refractivity contribution in [3.63, 3.8) is 0 Å². The first-order chi connectivity index (χ1) is 12.2. The smallest absolute Gasteiger partial charge is 0.409 e. The molecule has 3 heterocycles. The summed E-state index contributed by atoms with van der Waals surface area (Å²) in [7, 11) is 0. The average Bonchev–Trinajstić information content (AvgIpc) is 3.05. The van der Waals surface area contributed by atoms with Gasteiger partial charge in [0.25, 0.3) is 0 Å². The molecule has 3 rings (SSSR count). The Hall–Kier alpha value is -2.64. The third-order valence-corrected chi connectivity index (χ3v) is 4.35. The van der Waals surface area contributed by atoms with Crippen molar-refractivity contribution in [3.8, 4) is 0 Å². The third-order valence-electron chi connectivity index (χ3n) is 4.35. The SMILES string of the molecule is CCOC(=O)N1CCCC(C(=O)NCCc2nnc3ccccn23)C1. The molecular weight excluding hydrogens is 322 g/mol. The van der Waals surface area contributed by atoms with E-state index in [-0.39, 0.29) is 17.9 Å². The molecule has 8 heteroatoms. The maximum absolute atomic E-state index is 12.4. The molecule has 2 aromatic rings. The normalized spacial score (nSPS) is 17.5. The van der Waals surface area contributed by atoms with Gasteiger partial charge in [0.15, 0.2) is 5.65 Å². The summed E-state index contributed by atoms with van der Waals surface area (Å²) in [4.78, 5) is 25.8. The zero-order valence-electron chi connectivity index (χ0n) is 14.4. The van der Waals surface area contributed by atoms with E-state index in [1.54, 1.807) is 11.8 Å². The highest BCUT2D eigenvalue weighted by atomic mass is 16.6. The topological polar surface area (TPSA) is 88.8 Å². The van der Waals surface area contributed by atoms with Crippen molar-refractivity contribution < 1.29 is 14.3 Å². The van der Waals surface area contributed by atoms with Crippen molar-refractivity contribution in [2.24, 2.45) is 5.92 Å². The first kappa shape index (κ1) is 17.2. The van der Waals surface area contributed by atoms with E-state index in [1.807, 2.05) is 28.8 Å². The van der Waals surface area contributed by atoms with Crippen molar-refractivity contribution in [1.29, 1.82) is 0 Å². The van der Waals surface area contributed by atoms with Crippen LogP contribution < -0.4 is 5.32 Å². The Bertz CT molecular complexity index is 745. The third kappa shape index (κ3) is 4.07. The minimum Gasteiger partial charge on any atom is -0.450 e. The number of carbonyl (C=O) groups excluding carboxylic acids is 2. The quantitative estimate of drug-likeness (QED) is 0.881. The fraction of sp³-hybridized carbons (Fsp3) is 0.529. The molecule has 1 aliphatic heterocycles. The number of fused-ring (bicyclic) bond motifs is 1. The summed E-state index contributed by atoms with van der Waals surface area (Å²) in [5, 5.41) is 11.2. The van der Waals surface area contributed by atoms with E-state index in [0.717, 1.165) is 24.3 Å². The number of pyridine rings is 1. The highest BCUT2D eigenvalue weighted by molar-refractivity contribution is 5.80. The summed E-state index contributed by atoms with van der Waals surface area (Å²) in [6.07, 6.45) is 3.77. The van der Waals surface area contributed by atoms with E-state index >= 15 is 0 Å². The standard InChI is InChI=1S/C17H23N5O3/c1-2-25-17(24)21-10-5-6-13(12-21)16(23)18-9-8-15-20-19-14-7-3-4-11-22(14)15/h3-4,7,11,13H,2,5-6,8-10,12H2,1H3,(H,18,23). The monoisotopic (exact) mass is 345 g/mol. The maximum atomic E-state index is 12.4. The van der Waals surface area contributed by atoms with Crippen LogP contribution in [0.1, 0.15) is 25.6 Å². The summed E-state index contributed by atoms with van der Waals surface area (Å²) in [6.45, 7) is 3.68. The Morgan fingerprint density at radius 2 is 2.24 bits per heavy atom. The molecule has 0 radical (unpaired) electrons. The van der Waals surface area contributed by atoms with E-state index in [1.165, 1.54) is 0 Å². The highest BCUT2D eigenvalue weighted by Gasteiger charge is 2.28. The number of nitrogens with zero attached hydrogens (tertiary/aromatic N) is 4. The maximum Gasteiger partial charge on any atom is 0.409 e. The van der Waals surface area contributed by atoms with Gasteiger partial charge in [-0.1, -0.05) is 6.07 Å². The van der Waals surface area contributed by atoms with Crippen LogP contribution in [0.15, 0.2) is 24.4 Å². The van der Waals surface area contributed by atoms with Gasteiger partial charge in [-0.05, 0) is 31.9 Å². The largest absolute Gasteiger partial charge is 0.450 e. The van der Waals surface area contributed by atoms with Gasteiger partial charge in [0, 0.05) is 32.3 Å².